The van der Waals surface area contributed by atoms with Gasteiger partial charge in [-0.2, -0.15) is 0 Å². The second kappa shape index (κ2) is 5.46. The van der Waals surface area contributed by atoms with Crippen molar-refractivity contribution in [1.82, 2.24) is 5.32 Å². The van der Waals surface area contributed by atoms with Gasteiger partial charge in [0.15, 0.2) is 0 Å². The Balaban J connectivity index is 2.25. The molecule has 0 radical (unpaired) electrons. The van der Waals surface area contributed by atoms with E-state index in [1.54, 1.807) is 13.0 Å². The molecule has 2 rings (SSSR count). The van der Waals surface area contributed by atoms with Crippen molar-refractivity contribution in [2.24, 2.45) is 0 Å². The number of nitro groups is 1. The predicted molar refractivity (Wildman–Crippen MR) is 79.7 cm³/mol. The van der Waals surface area contributed by atoms with Gasteiger partial charge in [0.25, 0.3) is 5.69 Å². The first kappa shape index (κ1) is 14.3. The van der Waals surface area contributed by atoms with Crippen molar-refractivity contribution < 1.29 is 4.92 Å². The Hall–Kier alpha value is -1.14. The second-order valence-electron chi connectivity index (χ2n) is 5.31. The Bertz CT molecular complexity index is 499. The topological polar surface area (TPSA) is 67.2 Å². The average Bonchev–Trinajstić information content (AvgIpc) is 2.33. The van der Waals surface area contributed by atoms with E-state index in [1.165, 1.54) is 0 Å². The SMILES string of the molecule is Cc1cc(NC2(C)CCNCC2)c(Br)cc1[N+](=O)[O-]. The van der Waals surface area contributed by atoms with E-state index in [0.717, 1.165) is 36.1 Å². The largest absolute Gasteiger partial charge is 0.379 e. The molecule has 0 unspecified atom stereocenters. The normalized spacial score (nSPS) is 18.1. The summed E-state index contributed by atoms with van der Waals surface area (Å²) in [6.45, 7) is 5.94. The van der Waals surface area contributed by atoms with Crippen molar-refractivity contribution in [2.75, 3.05) is 18.4 Å². The van der Waals surface area contributed by atoms with E-state index < -0.39 is 0 Å². The summed E-state index contributed by atoms with van der Waals surface area (Å²) in [5.41, 5.74) is 1.78. The maximum Gasteiger partial charge on any atom is 0.273 e. The molecule has 0 amide bonds. The van der Waals surface area contributed by atoms with Gasteiger partial charge in [-0.15, -0.1) is 0 Å². The molecule has 2 N–H and O–H groups in total. The van der Waals surface area contributed by atoms with Crippen LogP contribution in [0.25, 0.3) is 0 Å². The number of hydrogen-bond acceptors (Lipinski definition) is 4. The van der Waals surface area contributed by atoms with Crippen LogP contribution in [0.5, 0.6) is 0 Å². The summed E-state index contributed by atoms with van der Waals surface area (Å²) in [5, 5.41) is 17.8. The number of anilines is 1. The molecule has 104 valence electrons. The van der Waals surface area contributed by atoms with Crippen molar-refractivity contribution in [3.8, 4) is 0 Å². The van der Waals surface area contributed by atoms with Crippen LogP contribution in [0.1, 0.15) is 25.3 Å². The van der Waals surface area contributed by atoms with Crippen LogP contribution >= 0.6 is 15.9 Å². The molecule has 0 saturated carbocycles. The first-order valence-electron chi connectivity index (χ1n) is 6.35. The third-order valence-corrected chi connectivity index (χ3v) is 4.28. The highest BCUT2D eigenvalue weighted by atomic mass is 79.9. The third kappa shape index (κ3) is 3.25. The number of nitrogens with one attached hydrogen (secondary N) is 2. The van der Waals surface area contributed by atoms with Gasteiger partial charge in [-0.05, 0) is 61.8 Å². The quantitative estimate of drug-likeness (QED) is 0.660. The molecular weight excluding hydrogens is 310 g/mol. The van der Waals surface area contributed by atoms with Crippen LogP contribution in [0.2, 0.25) is 0 Å². The average molecular weight is 328 g/mol. The molecule has 0 aromatic heterocycles. The molecular formula is C13H18BrN3O2. The van der Waals surface area contributed by atoms with Crippen LogP contribution in [0.4, 0.5) is 11.4 Å². The Morgan fingerprint density at radius 1 is 1.42 bits per heavy atom. The van der Waals surface area contributed by atoms with Crippen molar-refractivity contribution in [2.45, 2.75) is 32.2 Å². The van der Waals surface area contributed by atoms with Crippen LogP contribution in [0, 0.1) is 17.0 Å². The second-order valence-corrected chi connectivity index (χ2v) is 6.17. The fourth-order valence-electron chi connectivity index (χ4n) is 2.39. The highest BCUT2D eigenvalue weighted by molar-refractivity contribution is 9.10. The Kier molecular flexibility index (Phi) is 4.10. The Morgan fingerprint density at radius 2 is 2.05 bits per heavy atom. The number of nitro benzene ring substituents is 1. The van der Waals surface area contributed by atoms with Crippen LogP contribution in [-0.2, 0) is 0 Å². The van der Waals surface area contributed by atoms with Crippen LogP contribution in [-0.4, -0.2) is 23.6 Å². The van der Waals surface area contributed by atoms with Crippen molar-refractivity contribution in [1.29, 1.82) is 0 Å². The number of aryl methyl sites for hydroxylation is 1. The number of benzene rings is 1. The molecule has 1 aliphatic rings. The van der Waals surface area contributed by atoms with Gasteiger partial charge in [-0.3, -0.25) is 10.1 Å². The highest BCUT2D eigenvalue weighted by Crippen LogP contribution is 2.34. The fourth-order valence-corrected chi connectivity index (χ4v) is 2.82. The van der Waals surface area contributed by atoms with Gasteiger partial charge in [-0.1, -0.05) is 0 Å². The van der Waals surface area contributed by atoms with Gasteiger partial charge in [0, 0.05) is 27.3 Å². The summed E-state index contributed by atoms with van der Waals surface area (Å²) in [4.78, 5) is 10.5. The van der Waals surface area contributed by atoms with Gasteiger partial charge in [0.1, 0.15) is 0 Å². The number of hydrogen-bond donors (Lipinski definition) is 2. The Labute approximate surface area is 121 Å². The van der Waals surface area contributed by atoms with Crippen LogP contribution < -0.4 is 10.6 Å². The number of halogens is 1. The minimum absolute atomic E-state index is 0.0380. The van der Waals surface area contributed by atoms with Crippen molar-refractivity contribution in [3.63, 3.8) is 0 Å². The summed E-state index contributed by atoms with van der Waals surface area (Å²) in [7, 11) is 0. The van der Waals surface area contributed by atoms with E-state index >= 15 is 0 Å². The predicted octanol–water partition coefficient (Wildman–Crippen LogP) is 3.22. The smallest absolute Gasteiger partial charge is 0.273 e. The summed E-state index contributed by atoms with van der Waals surface area (Å²) in [6, 6.07) is 3.41. The van der Waals surface area contributed by atoms with Gasteiger partial charge >= 0.3 is 0 Å². The van der Waals surface area contributed by atoms with E-state index in [2.05, 4.69) is 33.5 Å². The maximum absolute atomic E-state index is 10.9. The summed E-state index contributed by atoms with van der Waals surface area (Å²) < 4.78 is 0.740. The molecule has 1 aromatic carbocycles. The minimum Gasteiger partial charge on any atom is -0.379 e. The zero-order valence-corrected chi connectivity index (χ0v) is 12.7. The molecule has 1 saturated heterocycles. The molecule has 1 heterocycles. The van der Waals surface area contributed by atoms with Gasteiger partial charge in [0.2, 0.25) is 0 Å². The van der Waals surface area contributed by atoms with E-state index in [9.17, 15) is 10.1 Å². The Morgan fingerprint density at radius 3 is 2.63 bits per heavy atom. The summed E-state index contributed by atoms with van der Waals surface area (Å²) >= 11 is 3.42. The molecule has 0 atom stereocenters. The molecule has 1 fully saturated rings. The van der Waals surface area contributed by atoms with Crippen molar-refractivity contribution >= 4 is 27.3 Å². The van der Waals surface area contributed by atoms with Crippen LogP contribution in [0.3, 0.4) is 0 Å². The lowest BCUT2D eigenvalue weighted by Crippen LogP contribution is -2.45. The standard InChI is InChI=1S/C13H18BrN3O2/c1-9-7-11(10(14)8-12(9)17(18)19)16-13(2)3-5-15-6-4-13/h7-8,15-16H,3-6H2,1-2H3. The van der Waals surface area contributed by atoms with E-state index in [0.29, 0.717) is 5.56 Å². The third-order valence-electron chi connectivity index (χ3n) is 3.63. The lowest BCUT2D eigenvalue weighted by molar-refractivity contribution is -0.385. The van der Waals surface area contributed by atoms with E-state index in [-0.39, 0.29) is 16.1 Å². The maximum atomic E-state index is 10.9. The highest BCUT2D eigenvalue weighted by Gasteiger charge is 2.27. The monoisotopic (exact) mass is 327 g/mol. The van der Waals surface area contributed by atoms with Gasteiger partial charge in [-0.25, -0.2) is 0 Å². The lowest BCUT2D eigenvalue weighted by atomic mass is 9.90. The number of piperidine rings is 1. The van der Waals surface area contributed by atoms with E-state index in [1.807, 2.05) is 6.07 Å². The first-order chi connectivity index (χ1) is 8.91. The molecule has 0 spiro atoms. The molecule has 19 heavy (non-hydrogen) atoms. The fraction of sp³-hybridized carbons (Fsp3) is 0.538. The minimum atomic E-state index is -0.351. The molecule has 1 aromatic rings. The zero-order valence-electron chi connectivity index (χ0n) is 11.1. The number of nitrogens with zero attached hydrogens (tertiary/aromatic N) is 1. The van der Waals surface area contributed by atoms with E-state index in [4.69, 9.17) is 0 Å². The van der Waals surface area contributed by atoms with Crippen molar-refractivity contribution in [3.05, 3.63) is 32.3 Å². The first-order valence-corrected chi connectivity index (χ1v) is 7.14. The molecule has 6 heteroatoms. The summed E-state index contributed by atoms with van der Waals surface area (Å²) in [6.07, 6.45) is 2.07. The van der Waals surface area contributed by atoms with Gasteiger partial charge in [0.05, 0.1) is 4.92 Å². The van der Waals surface area contributed by atoms with Crippen LogP contribution in [0.15, 0.2) is 16.6 Å². The molecule has 0 bridgehead atoms. The molecule has 5 nitrogen and oxygen atoms in total. The van der Waals surface area contributed by atoms with Gasteiger partial charge < -0.3 is 10.6 Å². The zero-order chi connectivity index (χ0) is 14.0. The lowest BCUT2D eigenvalue weighted by Gasteiger charge is -2.36. The molecule has 0 aliphatic carbocycles. The molecule has 1 aliphatic heterocycles. The summed E-state index contributed by atoms with van der Waals surface area (Å²) in [5.74, 6) is 0. The number of rotatable bonds is 3.